The Morgan fingerprint density at radius 3 is 3.05 bits per heavy atom. The number of anilines is 1. The molecule has 0 saturated carbocycles. The van der Waals surface area contributed by atoms with E-state index in [1.54, 1.807) is 6.07 Å². The van der Waals surface area contributed by atoms with E-state index in [4.69, 9.17) is 29.6 Å². The van der Waals surface area contributed by atoms with Crippen molar-refractivity contribution in [2.75, 3.05) is 18.0 Å². The molecule has 4 nitrogen and oxygen atoms in total. The van der Waals surface area contributed by atoms with E-state index in [-0.39, 0.29) is 17.9 Å². The van der Waals surface area contributed by atoms with E-state index in [0.29, 0.717) is 22.1 Å². The van der Waals surface area contributed by atoms with E-state index in [2.05, 4.69) is 10.2 Å². The van der Waals surface area contributed by atoms with E-state index in [1.165, 1.54) is 0 Å². The first-order valence-corrected chi connectivity index (χ1v) is 7.51. The number of carbonyl (C=O) groups is 1. The third-order valence-corrected chi connectivity index (χ3v) is 4.67. The Bertz CT molecular complexity index is 578. The van der Waals surface area contributed by atoms with Crippen LogP contribution in [-0.2, 0) is 4.79 Å². The molecule has 3 rings (SSSR count). The van der Waals surface area contributed by atoms with E-state index >= 15 is 0 Å². The monoisotopic (exact) mass is 309 g/mol. The van der Waals surface area contributed by atoms with Crippen molar-refractivity contribution in [2.45, 2.75) is 18.9 Å². The van der Waals surface area contributed by atoms with Gasteiger partial charge in [-0.15, -0.1) is 0 Å². The quantitative estimate of drug-likeness (QED) is 0.816. The van der Waals surface area contributed by atoms with Crippen molar-refractivity contribution in [3.63, 3.8) is 0 Å². The van der Waals surface area contributed by atoms with Gasteiger partial charge < -0.3 is 16.0 Å². The van der Waals surface area contributed by atoms with Crippen LogP contribution in [0.1, 0.15) is 18.4 Å². The Morgan fingerprint density at radius 1 is 1.50 bits per heavy atom. The molecule has 0 aliphatic carbocycles. The Kier molecular flexibility index (Phi) is 3.56. The lowest BCUT2D eigenvalue weighted by atomic mass is 9.90. The molecule has 20 heavy (non-hydrogen) atoms. The maximum absolute atomic E-state index is 11.9. The van der Waals surface area contributed by atoms with Gasteiger partial charge in [0.1, 0.15) is 4.99 Å². The van der Waals surface area contributed by atoms with Gasteiger partial charge in [0.05, 0.1) is 22.5 Å². The number of rotatable bonds is 2. The Hall–Kier alpha value is -1.33. The summed E-state index contributed by atoms with van der Waals surface area (Å²) in [5, 5.41) is 3.51. The number of halogens is 1. The minimum absolute atomic E-state index is 0.0573. The van der Waals surface area contributed by atoms with Crippen LogP contribution in [0.2, 0.25) is 5.02 Å². The molecule has 2 heterocycles. The van der Waals surface area contributed by atoms with Crippen molar-refractivity contribution in [2.24, 2.45) is 11.7 Å². The number of piperidine rings is 1. The number of amides is 1. The first-order valence-electron chi connectivity index (χ1n) is 6.72. The zero-order valence-corrected chi connectivity index (χ0v) is 12.5. The summed E-state index contributed by atoms with van der Waals surface area (Å²) in [4.78, 5) is 14.4. The number of nitrogens with one attached hydrogen (secondary N) is 1. The van der Waals surface area contributed by atoms with E-state index in [1.807, 2.05) is 12.1 Å². The van der Waals surface area contributed by atoms with Crippen LogP contribution in [0, 0.1) is 5.92 Å². The zero-order valence-electron chi connectivity index (χ0n) is 10.9. The number of hydrogen-bond acceptors (Lipinski definition) is 3. The second-order valence-corrected chi connectivity index (χ2v) is 6.10. The van der Waals surface area contributed by atoms with Gasteiger partial charge in [0.25, 0.3) is 0 Å². The van der Waals surface area contributed by atoms with Gasteiger partial charge in [0, 0.05) is 18.8 Å². The van der Waals surface area contributed by atoms with Crippen LogP contribution in [0.15, 0.2) is 18.2 Å². The topological polar surface area (TPSA) is 58.4 Å². The summed E-state index contributed by atoms with van der Waals surface area (Å²) in [6.07, 6.45) is 1.92. The molecule has 1 amide bonds. The van der Waals surface area contributed by atoms with Crippen molar-refractivity contribution >= 4 is 40.4 Å². The molecule has 2 aliphatic rings. The number of nitrogens with two attached hydrogens (primary N) is 1. The summed E-state index contributed by atoms with van der Waals surface area (Å²) in [5.41, 5.74) is 7.48. The summed E-state index contributed by atoms with van der Waals surface area (Å²) < 4.78 is 0. The lowest BCUT2D eigenvalue weighted by Crippen LogP contribution is -2.46. The normalized spacial score (nSPS) is 25.2. The molecular formula is C14H16ClN3OS. The Labute approximate surface area is 128 Å². The smallest absolute Gasteiger partial charge is 0.225 e. The lowest BCUT2D eigenvalue weighted by Gasteiger charge is -2.38. The largest absolute Gasteiger partial charge is 0.389 e. The van der Waals surface area contributed by atoms with Crippen LogP contribution in [0.25, 0.3) is 0 Å². The lowest BCUT2D eigenvalue weighted by molar-refractivity contribution is -0.122. The maximum atomic E-state index is 11.9. The van der Waals surface area contributed by atoms with Crippen LogP contribution in [0.3, 0.4) is 0 Å². The summed E-state index contributed by atoms with van der Waals surface area (Å²) >= 11 is 11.4. The minimum atomic E-state index is 0.0573. The highest BCUT2D eigenvalue weighted by Gasteiger charge is 2.41. The first-order chi connectivity index (χ1) is 9.59. The molecule has 0 aromatic heterocycles. The van der Waals surface area contributed by atoms with Crippen LogP contribution in [0.5, 0.6) is 0 Å². The van der Waals surface area contributed by atoms with Crippen molar-refractivity contribution in [3.05, 3.63) is 28.8 Å². The highest BCUT2D eigenvalue weighted by atomic mass is 35.5. The Morgan fingerprint density at radius 2 is 2.30 bits per heavy atom. The highest BCUT2D eigenvalue weighted by molar-refractivity contribution is 7.80. The molecule has 2 atom stereocenters. The molecule has 1 aromatic rings. The SMILES string of the molecule is NC(=S)c1c(Cl)cccc1N1CCCC2C(=O)NCC21. The first kappa shape index (κ1) is 13.6. The van der Waals surface area contributed by atoms with Gasteiger partial charge >= 0.3 is 0 Å². The van der Waals surface area contributed by atoms with Gasteiger partial charge in [-0.2, -0.15) is 0 Å². The van der Waals surface area contributed by atoms with Crippen LogP contribution in [0.4, 0.5) is 5.69 Å². The summed E-state index contributed by atoms with van der Waals surface area (Å²) in [6, 6.07) is 5.83. The molecule has 0 radical (unpaired) electrons. The second kappa shape index (κ2) is 5.22. The predicted octanol–water partition coefficient (Wildman–Crippen LogP) is 1.69. The van der Waals surface area contributed by atoms with Crippen molar-refractivity contribution in [3.8, 4) is 0 Å². The van der Waals surface area contributed by atoms with Crippen molar-refractivity contribution in [1.29, 1.82) is 0 Å². The number of carbonyl (C=O) groups excluding carboxylic acids is 1. The van der Waals surface area contributed by atoms with Gasteiger partial charge in [0.15, 0.2) is 0 Å². The van der Waals surface area contributed by atoms with Gasteiger partial charge in [-0.3, -0.25) is 4.79 Å². The number of hydrogen-bond donors (Lipinski definition) is 2. The summed E-state index contributed by atoms with van der Waals surface area (Å²) in [7, 11) is 0. The van der Waals surface area contributed by atoms with E-state index in [0.717, 1.165) is 25.1 Å². The summed E-state index contributed by atoms with van der Waals surface area (Å²) in [6.45, 7) is 1.57. The van der Waals surface area contributed by atoms with Crippen molar-refractivity contribution < 1.29 is 4.79 Å². The summed E-state index contributed by atoms with van der Waals surface area (Å²) in [5.74, 6) is 0.209. The van der Waals surface area contributed by atoms with Gasteiger partial charge in [-0.05, 0) is 25.0 Å². The minimum Gasteiger partial charge on any atom is -0.389 e. The van der Waals surface area contributed by atoms with Crippen molar-refractivity contribution in [1.82, 2.24) is 5.32 Å². The number of fused-ring (bicyclic) bond motifs is 1. The fourth-order valence-electron chi connectivity index (χ4n) is 3.25. The molecule has 2 fully saturated rings. The van der Waals surface area contributed by atoms with Gasteiger partial charge in [-0.1, -0.05) is 29.9 Å². The average Bonchev–Trinajstić information content (AvgIpc) is 2.80. The third-order valence-electron chi connectivity index (χ3n) is 4.15. The molecule has 0 bridgehead atoms. The molecule has 1 aromatic carbocycles. The predicted molar refractivity (Wildman–Crippen MR) is 84.2 cm³/mol. The third kappa shape index (κ3) is 2.15. The maximum Gasteiger partial charge on any atom is 0.225 e. The molecule has 0 spiro atoms. The molecule has 2 aliphatic heterocycles. The molecule has 106 valence electrons. The van der Waals surface area contributed by atoms with Gasteiger partial charge in [-0.25, -0.2) is 0 Å². The second-order valence-electron chi connectivity index (χ2n) is 5.25. The molecule has 2 unspecified atom stereocenters. The zero-order chi connectivity index (χ0) is 14.3. The standard InChI is InChI=1S/C14H16ClN3OS/c15-9-4-1-5-10(12(9)13(16)20)18-6-2-3-8-11(18)7-17-14(8)19/h1,4-5,8,11H,2-3,6-7H2,(H2,16,20)(H,17,19). The van der Waals surface area contributed by atoms with Crippen LogP contribution in [-0.4, -0.2) is 30.0 Å². The highest BCUT2D eigenvalue weighted by Crippen LogP contribution is 2.35. The fourth-order valence-corrected chi connectivity index (χ4v) is 3.79. The Balaban J connectivity index is 2.02. The molecule has 2 saturated heterocycles. The van der Waals surface area contributed by atoms with Crippen LogP contribution < -0.4 is 16.0 Å². The van der Waals surface area contributed by atoms with E-state index < -0.39 is 0 Å². The number of benzene rings is 1. The number of nitrogens with zero attached hydrogens (tertiary/aromatic N) is 1. The number of thiocarbonyl (C=S) groups is 1. The molecule has 3 N–H and O–H groups in total. The van der Waals surface area contributed by atoms with Gasteiger partial charge in [0.2, 0.25) is 5.91 Å². The average molecular weight is 310 g/mol. The fraction of sp³-hybridized carbons (Fsp3) is 0.429. The van der Waals surface area contributed by atoms with Crippen LogP contribution >= 0.6 is 23.8 Å². The van der Waals surface area contributed by atoms with E-state index in [9.17, 15) is 4.79 Å². The molecular weight excluding hydrogens is 294 g/mol. The molecule has 6 heteroatoms.